The van der Waals surface area contributed by atoms with E-state index in [0.717, 1.165) is 16.7 Å². The van der Waals surface area contributed by atoms with E-state index in [9.17, 15) is 9.90 Å². The van der Waals surface area contributed by atoms with E-state index in [2.05, 4.69) is 16.9 Å². The lowest BCUT2D eigenvalue weighted by Crippen LogP contribution is -2.39. The first-order valence-corrected chi connectivity index (χ1v) is 12.2. The second-order valence-corrected chi connectivity index (χ2v) is 9.15. The van der Waals surface area contributed by atoms with E-state index >= 15 is 0 Å². The summed E-state index contributed by atoms with van der Waals surface area (Å²) in [7, 11) is 0. The number of aliphatic hydroxyl groups excluding tert-OH is 1. The molecule has 190 valence electrons. The van der Waals surface area contributed by atoms with Crippen molar-refractivity contribution in [1.29, 1.82) is 0 Å². The number of hydrogen-bond acceptors (Lipinski definition) is 6. The third kappa shape index (κ3) is 6.08. The SMILES string of the molecule is C=CCOC(=O)Nc1cccc([C@@H]2O[C@H](Cn3cnc(Cl)c3Cl)[C@H](C)[C@H](c3ccc(CO)cc3)O2)c1. The highest BCUT2D eigenvalue weighted by atomic mass is 35.5. The summed E-state index contributed by atoms with van der Waals surface area (Å²) in [5, 5.41) is 12.7. The molecule has 1 aliphatic heterocycles. The second kappa shape index (κ2) is 11.9. The Morgan fingerprint density at radius 3 is 2.67 bits per heavy atom. The number of hydrogen-bond donors (Lipinski definition) is 2. The highest BCUT2D eigenvalue weighted by Crippen LogP contribution is 2.42. The van der Waals surface area contributed by atoms with Crippen LogP contribution in [0.3, 0.4) is 0 Å². The lowest BCUT2D eigenvalue weighted by molar-refractivity contribution is -0.276. The average Bonchev–Trinajstić information content (AvgIpc) is 3.21. The molecule has 2 N–H and O–H groups in total. The first-order chi connectivity index (χ1) is 17.4. The van der Waals surface area contributed by atoms with Crippen LogP contribution in [0.5, 0.6) is 0 Å². The molecule has 1 aromatic heterocycles. The zero-order chi connectivity index (χ0) is 25.7. The van der Waals surface area contributed by atoms with Crippen molar-refractivity contribution in [3.63, 3.8) is 0 Å². The Bertz CT molecular complexity index is 1200. The molecule has 36 heavy (non-hydrogen) atoms. The zero-order valence-electron chi connectivity index (χ0n) is 19.6. The number of anilines is 1. The van der Waals surface area contributed by atoms with Gasteiger partial charge >= 0.3 is 6.09 Å². The van der Waals surface area contributed by atoms with Crippen molar-refractivity contribution in [2.45, 2.75) is 38.6 Å². The van der Waals surface area contributed by atoms with Gasteiger partial charge < -0.3 is 23.9 Å². The maximum absolute atomic E-state index is 12.0. The molecule has 2 aromatic carbocycles. The third-order valence-corrected chi connectivity index (χ3v) is 6.74. The van der Waals surface area contributed by atoms with Crippen LogP contribution in [0.2, 0.25) is 10.3 Å². The van der Waals surface area contributed by atoms with Gasteiger partial charge in [0, 0.05) is 17.2 Å². The fourth-order valence-electron chi connectivity index (χ4n) is 4.04. The van der Waals surface area contributed by atoms with Crippen LogP contribution >= 0.6 is 23.2 Å². The van der Waals surface area contributed by atoms with Gasteiger partial charge in [-0.05, 0) is 23.3 Å². The van der Waals surface area contributed by atoms with Gasteiger partial charge in [-0.2, -0.15) is 0 Å². The molecule has 3 aromatic rings. The summed E-state index contributed by atoms with van der Waals surface area (Å²) in [6.45, 7) is 6.07. The molecule has 10 heteroatoms. The number of amides is 1. The number of aliphatic hydroxyl groups is 1. The fourth-order valence-corrected chi connectivity index (χ4v) is 4.36. The summed E-state index contributed by atoms with van der Waals surface area (Å²) in [5.74, 6) is -0.0614. The van der Waals surface area contributed by atoms with Crippen LogP contribution < -0.4 is 5.32 Å². The van der Waals surface area contributed by atoms with Crippen LogP contribution in [-0.2, 0) is 27.4 Å². The molecule has 0 bridgehead atoms. The highest BCUT2D eigenvalue weighted by molar-refractivity contribution is 6.40. The van der Waals surface area contributed by atoms with Gasteiger partial charge in [0.25, 0.3) is 0 Å². The zero-order valence-corrected chi connectivity index (χ0v) is 21.2. The highest BCUT2D eigenvalue weighted by Gasteiger charge is 2.39. The van der Waals surface area contributed by atoms with Gasteiger partial charge in [-0.15, -0.1) is 0 Å². The minimum Gasteiger partial charge on any atom is -0.445 e. The topological polar surface area (TPSA) is 94.8 Å². The number of nitrogens with zero attached hydrogens (tertiary/aromatic N) is 2. The van der Waals surface area contributed by atoms with Crippen molar-refractivity contribution in [2.75, 3.05) is 11.9 Å². The van der Waals surface area contributed by atoms with Crippen molar-refractivity contribution in [2.24, 2.45) is 5.92 Å². The number of carbonyl (C=O) groups is 1. The second-order valence-electron chi connectivity index (χ2n) is 8.44. The third-order valence-electron chi connectivity index (χ3n) is 5.97. The van der Waals surface area contributed by atoms with E-state index in [4.69, 9.17) is 37.4 Å². The van der Waals surface area contributed by atoms with E-state index < -0.39 is 12.4 Å². The molecule has 4 atom stereocenters. The predicted octanol–water partition coefficient (Wildman–Crippen LogP) is 5.91. The van der Waals surface area contributed by atoms with Crippen LogP contribution in [-0.4, -0.2) is 33.5 Å². The molecule has 0 unspecified atom stereocenters. The van der Waals surface area contributed by atoms with E-state index in [1.165, 1.54) is 6.08 Å². The minimum absolute atomic E-state index is 0.0371. The minimum atomic E-state index is -0.725. The number of benzene rings is 2. The lowest BCUT2D eigenvalue weighted by Gasteiger charge is -2.41. The van der Waals surface area contributed by atoms with E-state index in [0.29, 0.717) is 17.4 Å². The van der Waals surface area contributed by atoms with Crippen LogP contribution in [0.15, 0.2) is 67.5 Å². The van der Waals surface area contributed by atoms with Gasteiger partial charge in [-0.1, -0.05) is 79.2 Å². The molecule has 1 aliphatic rings. The predicted molar refractivity (Wildman–Crippen MR) is 137 cm³/mol. The van der Waals surface area contributed by atoms with Crippen molar-refractivity contribution in [1.82, 2.24) is 9.55 Å². The summed E-state index contributed by atoms with van der Waals surface area (Å²) < 4.78 is 19.6. The Hall–Kier alpha value is -2.88. The summed E-state index contributed by atoms with van der Waals surface area (Å²) in [4.78, 5) is 16.1. The molecule has 0 radical (unpaired) electrons. The molecule has 0 saturated carbocycles. The van der Waals surface area contributed by atoms with Crippen LogP contribution in [0.1, 0.15) is 36.0 Å². The number of carbonyl (C=O) groups excluding carboxylic acids is 1. The van der Waals surface area contributed by atoms with Gasteiger partial charge in [0.15, 0.2) is 11.4 Å². The Kier molecular flexibility index (Phi) is 8.66. The van der Waals surface area contributed by atoms with Crippen LogP contribution in [0.4, 0.5) is 10.5 Å². The van der Waals surface area contributed by atoms with Gasteiger partial charge in [0.1, 0.15) is 11.8 Å². The van der Waals surface area contributed by atoms with Gasteiger partial charge in [-0.25, -0.2) is 9.78 Å². The van der Waals surface area contributed by atoms with E-state index in [-0.39, 0.29) is 36.5 Å². The number of aromatic nitrogens is 2. The maximum Gasteiger partial charge on any atom is 0.411 e. The summed E-state index contributed by atoms with van der Waals surface area (Å²) in [5.41, 5.74) is 3.03. The van der Waals surface area contributed by atoms with Gasteiger partial charge in [0.2, 0.25) is 0 Å². The Balaban J connectivity index is 1.61. The van der Waals surface area contributed by atoms with Crippen molar-refractivity contribution in [3.05, 3.63) is 94.5 Å². The normalized spacial score (nSPS) is 21.7. The Morgan fingerprint density at radius 1 is 1.22 bits per heavy atom. The Labute approximate surface area is 219 Å². The molecule has 2 heterocycles. The molecule has 4 rings (SSSR count). The molecule has 0 spiro atoms. The molecule has 1 amide bonds. The quantitative estimate of drug-likeness (QED) is 0.351. The smallest absolute Gasteiger partial charge is 0.411 e. The number of nitrogens with one attached hydrogen (secondary N) is 1. The Morgan fingerprint density at radius 2 is 2.00 bits per heavy atom. The number of halogens is 2. The average molecular weight is 532 g/mol. The molecule has 8 nitrogen and oxygen atoms in total. The van der Waals surface area contributed by atoms with Gasteiger partial charge in [0.05, 0.1) is 31.7 Å². The first kappa shape index (κ1) is 26.2. The number of rotatable bonds is 8. The molecule has 1 saturated heterocycles. The molecular weight excluding hydrogens is 505 g/mol. The lowest BCUT2D eigenvalue weighted by atomic mass is 9.90. The van der Waals surface area contributed by atoms with Crippen LogP contribution in [0, 0.1) is 5.92 Å². The van der Waals surface area contributed by atoms with Crippen molar-refractivity contribution in [3.8, 4) is 0 Å². The van der Waals surface area contributed by atoms with E-state index in [1.807, 2.05) is 37.3 Å². The van der Waals surface area contributed by atoms with Crippen LogP contribution in [0.25, 0.3) is 0 Å². The monoisotopic (exact) mass is 531 g/mol. The van der Waals surface area contributed by atoms with Gasteiger partial charge in [-0.3, -0.25) is 5.32 Å². The standard InChI is InChI=1S/C26H27Cl2N3O5/c1-3-11-34-26(33)30-20-6-4-5-19(12-20)25-35-21(13-31-15-29-23(27)24(31)28)16(2)22(36-25)18-9-7-17(14-32)8-10-18/h3-10,12,15-16,21-22,25,32H,1,11,13-14H2,2H3,(H,30,33)/t16-,21+,22+,25+/m0/s1. The van der Waals surface area contributed by atoms with E-state index in [1.54, 1.807) is 29.1 Å². The summed E-state index contributed by atoms with van der Waals surface area (Å²) in [6, 6.07) is 14.8. The number of imidazole rings is 1. The largest absolute Gasteiger partial charge is 0.445 e. The number of ether oxygens (including phenoxy) is 3. The van der Waals surface area contributed by atoms with Crippen molar-refractivity contribution < 1.29 is 24.1 Å². The molecule has 0 aliphatic carbocycles. The fraction of sp³-hybridized carbons (Fsp3) is 0.308. The molecular formula is C26H27Cl2N3O5. The summed E-state index contributed by atoms with van der Waals surface area (Å²) >= 11 is 12.4. The maximum atomic E-state index is 12.0. The summed E-state index contributed by atoms with van der Waals surface area (Å²) in [6.07, 6.45) is 1.15. The van der Waals surface area contributed by atoms with Crippen molar-refractivity contribution >= 4 is 35.0 Å². The molecule has 1 fully saturated rings. The first-order valence-electron chi connectivity index (χ1n) is 11.4.